The third-order valence-electron chi connectivity index (χ3n) is 5.88. The fraction of sp³-hybridized carbons (Fsp3) is 0.304. The van der Waals surface area contributed by atoms with Gasteiger partial charge in [-0.3, -0.25) is 4.98 Å². The number of hydrogen-bond donors (Lipinski definition) is 0. The van der Waals surface area contributed by atoms with E-state index in [-0.39, 0.29) is 10.9 Å². The molecule has 4 heterocycles. The van der Waals surface area contributed by atoms with Gasteiger partial charge in [0.2, 0.25) is 0 Å². The van der Waals surface area contributed by atoms with Crippen LogP contribution < -0.4 is 0 Å². The number of methoxy groups -OCH3 is 1. The molecule has 0 unspecified atom stereocenters. The highest BCUT2D eigenvalue weighted by Crippen LogP contribution is 2.44. The molecule has 1 aliphatic heterocycles. The van der Waals surface area contributed by atoms with Crippen molar-refractivity contribution in [2.75, 3.05) is 20.3 Å². The maximum Gasteiger partial charge on any atom is 0.351 e. The molecule has 1 fully saturated rings. The molecule has 0 aliphatic carbocycles. The van der Waals surface area contributed by atoms with Crippen LogP contribution in [0.3, 0.4) is 0 Å². The average Bonchev–Trinajstić information content (AvgIpc) is 3.29. The van der Waals surface area contributed by atoms with Crippen LogP contribution in [0.5, 0.6) is 0 Å². The van der Waals surface area contributed by atoms with E-state index in [1.54, 1.807) is 6.20 Å². The summed E-state index contributed by atoms with van der Waals surface area (Å²) in [6, 6.07) is 12.2. The number of fused-ring (bicyclic) bond motifs is 3. The van der Waals surface area contributed by atoms with E-state index in [2.05, 4.69) is 37.6 Å². The summed E-state index contributed by atoms with van der Waals surface area (Å²) in [5, 5.41) is 0.376. The Bertz CT molecular complexity index is 1260. The van der Waals surface area contributed by atoms with E-state index in [1.807, 2.05) is 24.3 Å². The summed E-state index contributed by atoms with van der Waals surface area (Å²) in [4.78, 5) is 17.4. The number of rotatable bonds is 4. The van der Waals surface area contributed by atoms with Crippen molar-refractivity contribution < 1.29 is 18.7 Å². The second-order valence-electron chi connectivity index (χ2n) is 7.61. The van der Waals surface area contributed by atoms with Crippen LogP contribution in [0.2, 0.25) is 0 Å². The molecular formula is C23H20BrFN2O3S. The van der Waals surface area contributed by atoms with Crippen molar-refractivity contribution in [2.24, 2.45) is 5.92 Å². The Hall–Kier alpha value is -2.29. The third-order valence-corrected chi connectivity index (χ3v) is 7.46. The van der Waals surface area contributed by atoms with Crippen LogP contribution in [-0.4, -0.2) is 35.8 Å². The minimum atomic E-state index is -0.669. The van der Waals surface area contributed by atoms with Crippen molar-refractivity contribution in [1.82, 2.24) is 9.55 Å². The van der Waals surface area contributed by atoms with Crippen molar-refractivity contribution in [3.8, 4) is 0 Å². The number of carbonyl (C=O) groups excluding carboxylic acids is 1. The molecule has 160 valence electrons. The van der Waals surface area contributed by atoms with Crippen LogP contribution in [0.1, 0.15) is 34.1 Å². The lowest BCUT2D eigenvalue weighted by molar-refractivity contribution is 0.0553. The summed E-state index contributed by atoms with van der Waals surface area (Å²) in [5.74, 6) is -0.928. The largest absolute Gasteiger partial charge is 0.465 e. The molecule has 8 heteroatoms. The molecule has 3 aromatic heterocycles. The van der Waals surface area contributed by atoms with Crippen LogP contribution in [0.4, 0.5) is 4.39 Å². The summed E-state index contributed by atoms with van der Waals surface area (Å²) < 4.78 is 28.9. The van der Waals surface area contributed by atoms with E-state index in [0.717, 1.165) is 39.7 Å². The van der Waals surface area contributed by atoms with Crippen molar-refractivity contribution >= 4 is 54.5 Å². The predicted octanol–water partition coefficient (Wildman–Crippen LogP) is 5.96. The summed E-state index contributed by atoms with van der Waals surface area (Å²) >= 11 is 4.65. The lowest BCUT2D eigenvalue weighted by Gasteiger charge is -2.32. The molecule has 0 spiro atoms. The van der Waals surface area contributed by atoms with Gasteiger partial charge in [-0.2, -0.15) is 0 Å². The predicted molar refractivity (Wildman–Crippen MR) is 122 cm³/mol. The first-order valence-electron chi connectivity index (χ1n) is 10.1. The van der Waals surface area contributed by atoms with Crippen molar-refractivity contribution in [1.29, 1.82) is 0 Å². The first-order chi connectivity index (χ1) is 15.1. The highest BCUT2D eigenvalue weighted by Gasteiger charge is 2.33. The highest BCUT2D eigenvalue weighted by atomic mass is 79.9. The maximum atomic E-state index is 15.4. The van der Waals surface area contributed by atoms with Gasteiger partial charge in [-0.15, -0.1) is 11.3 Å². The molecule has 0 saturated carbocycles. The fourth-order valence-electron chi connectivity index (χ4n) is 4.50. The average molecular weight is 503 g/mol. The summed E-state index contributed by atoms with van der Waals surface area (Å²) in [6.45, 7) is 1.40. The smallest absolute Gasteiger partial charge is 0.351 e. The second-order valence-corrected chi connectivity index (χ2v) is 9.53. The van der Waals surface area contributed by atoms with Gasteiger partial charge in [-0.25, -0.2) is 9.18 Å². The minimum absolute atomic E-state index is 0.0216. The Balaban J connectivity index is 1.84. The molecule has 0 bridgehead atoms. The second kappa shape index (κ2) is 8.33. The Labute approximate surface area is 190 Å². The summed E-state index contributed by atoms with van der Waals surface area (Å²) in [5.41, 5.74) is 2.53. The molecule has 1 atom stereocenters. The lowest BCUT2D eigenvalue weighted by atomic mass is 9.87. The minimum Gasteiger partial charge on any atom is -0.465 e. The first-order valence-corrected chi connectivity index (χ1v) is 11.7. The molecule has 4 aromatic rings. The SMILES string of the molecule is COC(=O)c1sc2c(c1F)c1ncc(Br)cc1n2[C@H](c1ccccc1)C1CCOCC1. The highest BCUT2D eigenvalue weighted by molar-refractivity contribution is 9.10. The van der Waals surface area contributed by atoms with Crippen LogP contribution in [0, 0.1) is 11.7 Å². The zero-order chi connectivity index (χ0) is 21.5. The van der Waals surface area contributed by atoms with Gasteiger partial charge < -0.3 is 14.0 Å². The number of carbonyl (C=O) groups is 1. The maximum absolute atomic E-state index is 15.4. The van der Waals surface area contributed by atoms with Gasteiger partial charge in [0.15, 0.2) is 10.7 Å². The molecule has 1 aliphatic rings. The van der Waals surface area contributed by atoms with Crippen LogP contribution in [-0.2, 0) is 9.47 Å². The monoisotopic (exact) mass is 502 g/mol. The number of thiophene rings is 1. The number of hydrogen-bond acceptors (Lipinski definition) is 5. The Morgan fingerprint density at radius 1 is 1.32 bits per heavy atom. The zero-order valence-corrected chi connectivity index (χ0v) is 19.2. The van der Waals surface area contributed by atoms with Crippen molar-refractivity contribution in [3.63, 3.8) is 0 Å². The van der Waals surface area contributed by atoms with E-state index in [9.17, 15) is 4.79 Å². The van der Waals surface area contributed by atoms with E-state index in [0.29, 0.717) is 34.9 Å². The molecule has 5 nitrogen and oxygen atoms in total. The number of ether oxygens (including phenoxy) is 2. The van der Waals surface area contributed by atoms with Crippen molar-refractivity contribution in [3.05, 3.63) is 63.3 Å². The Morgan fingerprint density at radius 3 is 2.77 bits per heavy atom. The number of esters is 1. The molecule has 0 N–H and O–H groups in total. The van der Waals surface area contributed by atoms with E-state index < -0.39 is 11.8 Å². The number of benzene rings is 1. The van der Waals surface area contributed by atoms with Gasteiger partial charge in [0, 0.05) is 23.9 Å². The molecule has 31 heavy (non-hydrogen) atoms. The third kappa shape index (κ3) is 3.46. The molecular weight excluding hydrogens is 483 g/mol. The van der Waals surface area contributed by atoms with Gasteiger partial charge in [0.05, 0.1) is 29.6 Å². The van der Waals surface area contributed by atoms with Crippen molar-refractivity contribution in [2.45, 2.75) is 18.9 Å². The molecule has 0 amide bonds. The quantitative estimate of drug-likeness (QED) is 0.323. The normalized spacial score (nSPS) is 16.1. The van der Waals surface area contributed by atoms with Gasteiger partial charge >= 0.3 is 5.97 Å². The molecule has 5 rings (SSSR count). The molecule has 1 aromatic carbocycles. The Kier molecular flexibility index (Phi) is 5.54. The number of aromatic nitrogens is 2. The number of nitrogens with zero attached hydrogens (tertiary/aromatic N) is 2. The summed E-state index contributed by atoms with van der Waals surface area (Å²) in [7, 11) is 1.27. The van der Waals surface area contributed by atoms with E-state index >= 15 is 4.39 Å². The van der Waals surface area contributed by atoms with E-state index in [1.165, 1.54) is 7.11 Å². The van der Waals surface area contributed by atoms with Gasteiger partial charge in [-0.05, 0) is 46.3 Å². The lowest BCUT2D eigenvalue weighted by Crippen LogP contribution is -2.26. The van der Waals surface area contributed by atoms with Gasteiger partial charge in [0.1, 0.15) is 4.83 Å². The molecule has 0 radical (unpaired) electrons. The number of pyridine rings is 1. The fourth-order valence-corrected chi connectivity index (χ4v) is 5.97. The standard InChI is InChI=1S/C23H20BrFN2O3S/c1-29-23(28)21-18(25)17-19-16(11-15(24)12-26-19)27(22(17)31-21)20(13-5-3-2-4-6-13)14-7-9-30-10-8-14/h2-6,11-12,14,20H,7-10H2,1H3/t20-/m1/s1. The van der Waals surface area contributed by atoms with Gasteiger partial charge in [-0.1, -0.05) is 30.3 Å². The van der Waals surface area contributed by atoms with Crippen LogP contribution >= 0.6 is 27.3 Å². The first kappa shape index (κ1) is 20.6. The van der Waals surface area contributed by atoms with E-state index in [4.69, 9.17) is 9.47 Å². The van der Waals surface area contributed by atoms with Crippen LogP contribution in [0.25, 0.3) is 21.3 Å². The molecule has 1 saturated heterocycles. The van der Waals surface area contributed by atoms with Gasteiger partial charge in [0.25, 0.3) is 0 Å². The zero-order valence-electron chi connectivity index (χ0n) is 16.8. The number of halogens is 2. The van der Waals surface area contributed by atoms with Crippen LogP contribution in [0.15, 0.2) is 47.1 Å². The summed E-state index contributed by atoms with van der Waals surface area (Å²) in [6.07, 6.45) is 3.47. The Morgan fingerprint density at radius 2 is 2.06 bits per heavy atom. The topological polar surface area (TPSA) is 53.3 Å².